The van der Waals surface area contributed by atoms with Crippen molar-refractivity contribution in [3.8, 4) is 0 Å². The Balaban J connectivity index is 1.85. The standard InChI is InChI=1S/C14H13FN4OS/c1-7-10(11-5-9(15)3-4-12(11)16-7)6-13(20)17-14-19-18-8(2)21-14/h3-5,16H,6H2,1-2H3,(H,17,19,20). The molecular weight excluding hydrogens is 291 g/mol. The molecule has 0 aliphatic carbocycles. The fourth-order valence-corrected chi connectivity index (χ4v) is 2.86. The van der Waals surface area contributed by atoms with Gasteiger partial charge in [0.2, 0.25) is 11.0 Å². The predicted molar refractivity (Wildman–Crippen MR) is 80.0 cm³/mol. The lowest BCUT2D eigenvalue weighted by Gasteiger charge is -2.02. The molecule has 2 heterocycles. The number of H-pyrrole nitrogens is 1. The Bertz CT molecular complexity index is 824. The number of carbonyl (C=O) groups is 1. The molecule has 0 bridgehead atoms. The summed E-state index contributed by atoms with van der Waals surface area (Å²) in [6, 6.07) is 4.51. The number of hydrogen-bond donors (Lipinski definition) is 2. The van der Waals surface area contributed by atoms with Gasteiger partial charge in [-0.3, -0.25) is 4.79 Å². The van der Waals surface area contributed by atoms with Crippen molar-refractivity contribution in [2.45, 2.75) is 20.3 Å². The number of nitrogens with one attached hydrogen (secondary N) is 2. The van der Waals surface area contributed by atoms with E-state index in [-0.39, 0.29) is 18.1 Å². The molecule has 0 saturated carbocycles. The Hall–Kier alpha value is -2.28. The molecule has 2 aromatic heterocycles. The molecule has 3 aromatic rings. The minimum atomic E-state index is -0.317. The predicted octanol–water partition coefficient (Wildman–Crippen LogP) is 2.96. The van der Waals surface area contributed by atoms with Crippen LogP contribution < -0.4 is 5.32 Å². The summed E-state index contributed by atoms with van der Waals surface area (Å²) in [4.78, 5) is 15.2. The number of hydrogen-bond acceptors (Lipinski definition) is 4. The van der Waals surface area contributed by atoms with Gasteiger partial charge < -0.3 is 10.3 Å². The zero-order chi connectivity index (χ0) is 15.0. The molecule has 21 heavy (non-hydrogen) atoms. The van der Waals surface area contributed by atoms with Crippen LogP contribution in [0.1, 0.15) is 16.3 Å². The largest absolute Gasteiger partial charge is 0.358 e. The molecule has 0 atom stereocenters. The van der Waals surface area contributed by atoms with Gasteiger partial charge in [-0.25, -0.2) is 4.39 Å². The van der Waals surface area contributed by atoms with Crippen LogP contribution in [0.4, 0.5) is 9.52 Å². The molecule has 1 aromatic carbocycles. The fraction of sp³-hybridized carbons (Fsp3) is 0.214. The molecule has 7 heteroatoms. The summed E-state index contributed by atoms with van der Waals surface area (Å²) in [7, 11) is 0. The lowest BCUT2D eigenvalue weighted by molar-refractivity contribution is -0.115. The minimum Gasteiger partial charge on any atom is -0.358 e. The second kappa shape index (κ2) is 5.25. The van der Waals surface area contributed by atoms with Crippen molar-refractivity contribution in [2.24, 2.45) is 0 Å². The van der Waals surface area contributed by atoms with Gasteiger partial charge >= 0.3 is 0 Å². The van der Waals surface area contributed by atoms with Crippen molar-refractivity contribution in [1.82, 2.24) is 15.2 Å². The number of amides is 1. The Morgan fingerprint density at radius 1 is 1.38 bits per heavy atom. The summed E-state index contributed by atoms with van der Waals surface area (Å²) in [5, 5.41) is 12.4. The van der Waals surface area contributed by atoms with Gasteiger partial charge in [0.15, 0.2) is 0 Å². The van der Waals surface area contributed by atoms with Crippen LogP contribution in [0.3, 0.4) is 0 Å². The van der Waals surface area contributed by atoms with E-state index >= 15 is 0 Å². The van der Waals surface area contributed by atoms with Crippen LogP contribution in [0.25, 0.3) is 10.9 Å². The summed E-state index contributed by atoms with van der Waals surface area (Å²) in [6.07, 6.45) is 0.161. The number of rotatable bonds is 3. The van der Waals surface area contributed by atoms with E-state index in [2.05, 4.69) is 20.5 Å². The van der Waals surface area contributed by atoms with Gasteiger partial charge in [-0.15, -0.1) is 10.2 Å². The van der Waals surface area contributed by atoms with Gasteiger partial charge in [-0.05, 0) is 37.6 Å². The normalized spacial score (nSPS) is 11.0. The third-order valence-corrected chi connectivity index (χ3v) is 3.95. The number of nitrogens with zero attached hydrogens (tertiary/aromatic N) is 2. The quantitative estimate of drug-likeness (QED) is 0.781. The van der Waals surface area contributed by atoms with Crippen molar-refractivity contribution in [3.63, 3.8) is 0 Å². The van der Waals surface area contributed by atoms with Crippen LogP contribution in [-0.2, 0) is 11.2 Å². The van der Waals surface area contributed by atoms with Crippen molar-refractivity contribution in [2.75, 3.05) is 5.32 Å². The Morgan fingerprint density at radius 2 is 2.19 bits per heavy atom. The van der Waals surface area contributed by atoms with E-state index in [0.29, 0.717) is 5.13 Å². The van der Waals surface area contributed by atoms with E-state index in [1.54, 1.807) is 6.07 Å². The van der Waals surface area contributed by atoms with Crippen LogP contribution in [0.15, 0.2) is 18.2 Å². The van der Waals surface area contributed by atoms with Crippen molar-refractivity contribution < 1.29 is 9.18 Å². The molecule has 5 nitrogen and oxygen atoms in total. The van der Waals surface area contributed by atoms with Crippen LogP contribution >= 0.6 is 11.3 Å². The first-order chi connectivity index (χ1) is 10.0. The summed E-state index contributed by atoms with van der Waals surface area (Å²) in [5.74, 6) is -0.512. The second-order valence-electron chi connectivity index (χ2n) is 4.77. The van der Waals surface area contributed by atoms with E-state index in [1.807, 2.05) is 13.8 Å². The number of fused-ring (bicyclic) bond motifs is 1. The highest BCUT2D eigenvalue weighted by Gasteiger charge is 2.14. The van der Waals surface area contributed by atoms with Crippen molar-refractivity contribution >= 4 is 33.3 Å². The molecule has 0 radical (unpaired) electrons. The summed E-state index contributed by atoms with van der Waals surface area (Å²) < 4.78 is 13.4. The van der Waals surface area contributed by atoms with E-state index in [9.17, 15) is 9.18 Å². The molecule has 1 amide bonds. The second-order valence-corrected chi connectivity index (χ2v) is 5.95. The SMILES string of the molecule is Cc1nnc(NC(=O)Cc2c(C)[nH]c3ccc(F)cc23)s1. The zero-order valence-electron chi connectivity index (χ0n) is 11.5. The smallest absolute Gasteiger partial charge is 0.230 e. The first-order valence-electron chi connectivity index (χ1n) is 6.39. The minimum absolute atomic E-state index is 0.161. The van der Waals surface area contributed by atoms with E-state index in [4.69, 9.17) is 0 Å². The highest BCUT2D eigenvalue weighted by molar-refractivity contribution is 7.15. The number of carbonyl (C=O) groups excluding carboxylic acids is 1. The average Bonchev–Trinajstić information content (AvgIpc) is 2.95. The molecule has 0 aliphatic heterocycles. The number of halogens is 1. The lowest BCUT2D eigenvalue weighted by atomic mass is 10.1. The molecular formula is C14H13FN4OS. The van der Waals surface area contributed by atoms with Gasteiger partial charge in [0.05, 0.1) is 6.42 Å². The maximum absolute atomic E-state index is 13.4. The number of aryl methyl sites for hydroxylation is 2. The summed E-state index contributed by atoms with van der Waals surface area (Å²) >= 11 is 1.32. The Kier molecular flexibility index (Phi) is 3.42. The number of aromatic nitrogens is 3. The van der Waals surface area contributed by atoms with Crippen LogP contribution in [0.5, 0.6) is 0 Å². The van der Waals surface area contributed by atoms with Crippen LogP contribution in [-0.4, -0.2) is 21.1 Å². The van der Waals surface area contributed by atoms with E-state index in [1.165, 1.54) is 23.5 Å². The fourth-order valence-electron chi connectivity index (χ4n) is 2.25. The number of benzene rings is 1. The van der Waals surface area contributed by atoms with Crippen molar-refractivity contribution in [1.29, 1.82) is 0 Å². The van der Waals surface area contributed by atoms with Gasteiger partial charge in [0.25, 0.3) is 0 Å². The van der Waals surface area contributed by atoms with Gasteiger partial charge in [0.1, 0.15) is 10.8 Å². The topological polar surface area (TPSA) is 70.7 Å². The van der Waals surface area contributed by atoms with E-state index in [0.717, 1.165) is 27.2 Å². The van der Waals surface area contributed by atoms with E-state index < -0.39 is 0 Å². The number of anilines is 1. The van der Waals surface area contributed by atoms with Crippen molar-refractivity contribution in [3.05, 3.63) is 40.3 Å². The molecule has 0 spiro atoms. The molecule has 0 saturated heterocycles. The number of aromatic amines is 1. The third kappa shape index (κ3) is 2.78. The Morgan fingerprint density at radius 3 is 2.90 bits per heavy atom. The van der Waals surface area contributed by atoms with Crippen LogP contribution in [0, 0.1) is 19.7 Å². The first kappa shape index (κ1) is 13.7. The van der Waals surface area contributed by atoms with Gasteiger partial charge in [-0.1, -0.05) is 11.3 Å². The molecule has 2 N–H and O–H groups in total. The van der Waals surface area contributed by atoms with Gasteiger partial charge in [-0.2, -0.15) is 0 Å². The molecule has 0 aliphatic rings. The monoisotopic (exact) mass is 304 g/mol. The molecule has 3 rings (SSSR count). The highest BCUT2D eigenvalue weighted by atomic mass is 32.1. The average molecular weight is 304 g/mol. The Labute approximate surface area is 124 Å². The highest BCUT2D eigenvalue weighted by Crippen LogP contribution is 2.24. The first-order valence-corrected chi connectivity index (χ1v) is 7.21. The maximum Gasteiger partial charge on any atom is 0.230 e. The lowest BCUT2D eigenvalue weighted by Crippen LogP contribution is -2.14. The zero-order valence-corrected chi connectivity index (χ0v) is 12.3. The van der Waals surface area contributed by atoms with Gasteiger partial charge in [0, 0.05) is 16.6 Å². The summed E-state index contributed by atoms with van der Waals surface area (Å²) in [6.45, 7) is 3.69. The molecule has 0 unspecified atom stereocenters. The molecule has 0 fully saturated rings. The van der Waals surface area contributed by atoms with Crippen LogP contribution in [0.2, 0.25) is 0 Å². The molecule has 108 valence electrons. The maximum atomic E-state index is 13.4. The third-order valence-electron chi connectivity index (χ3n) is 3.19. The summed E-state index contributed by atoms with van der Waals surface area (Å²) in [5.41, 5.74) is 2.48.